The minimum Gasteiger partial charge on any atom is -0.378 e. The molecule has 1 saturated heterocycles. The van der Waals surface area contributed by atoms with Gasteiger partial charge in [0.2, 0.25) is 11.8 Å². The second-order valence-electron chi connectivity index (χ2n) is 8.13. The monoisotopic (exact) mass is 556 g/mol. The number of anilines is 2. The van der Waals surface area contributed by atoms with Gasteiger partial charge in [-0.25, -0.2) is 4.39 Å². The van der Waals surface area contributed by atoms with Crippen LogP contribution in [0.5, 0.6) is 0 Å². The maximum absolute atomic E-state index is 13.3. The fourth-order valence-corrected chi connectivity index (χ4v) is 3.76. The lowest BCUT2D eigenvalue weighted by Crippen LogP contribution is -2.59. The number of alkyl halides is 3. The molecule has 1 aromatic heterocycles. The Hall–Kier alpha value is -4.04. The molecule has 2 aromatic rings. The number of hydrogen-bond donors (Lipinski definition) is 5. The minimum absolute atomic E-state index is 0.00205. The number of hydrogen-bond acceptors (Lipinski definition) is 7. The van der Waals surface area contributed by atoms with Gasteiger partial charge in [-0.15, -0.1) is 0 Å². The van der Waals surface area contributed by atoms with E-state index in [1.54, 1.807) is 0 Å². The highest BCUT2D eigenvalue weighted by Crippen LogP contribution is 2.36. The Labute approximate surface area is 218 Å². The summed E-state index contributed by atoms with van der Waals surface area (Å²) >= 11 is 6.21. The molecule has 6 N–H and O–H groups in total. The van der Waals surface area contributed by atoms with Gasteiger partial charge in [0.05, 0.1) is 52.6 Å². The zero-order valence-corrected chi connectivity index (χ0v) is 20.2. The molecule has 202 valence electrons. The van der Waals surface area contributed by atoms with Gasteiger partial charge in [-0.3, -0.25) is 19.4 Å². The second kappa shape index (κ2) is 11.6. The standard InChI is InChI=1S/C23H21ClF4N6O4/c24-16-7-14(33-17-2-1-13(25)6-15(17)23(26,27)28)9-31-18(16)10-32-21(37)22(3-4-38-11-22)34-20(36)12(8-29)5-19(30)35/h1-2,5-9,29,33H,3-4,10-11H2,(H2,30,35)(H,32,37)(H,34,36)/b12-5+,29-8?/t22-/m0/s1. The smallest absolute Gasteiger partial charge is 0.378 e. The number of rotatable bonds is 9. The van der Waals surface area contributed by atoms with Gasteiger partial charge in [0.25, 0.3) is 5.91 Å². The molecule has 3 amide bonds. The Morgan fingerprint density at radius 3 is 2.58 bits per heavy atom. The summed E-state index contributed by atoms with van der Waals surface area (Å²) in [5, 5.41) is 14.8. The van der Waals surface area contributed by atoms with Crippen molar-refractivity contribution in [2.75, 3.05) is 18.5 Å². The van der Waals surface area contributed by atoms with E-state index in [0.717, 1.165) is 18.2 Å². The first-order valence-electron chi connectivity index (χ1n) is 10.8. The normalized spacial score (nSPS) is 17.6. The molecule has 10 nitrogen and oxygen atoms in total. The number of benzene rings is 1. The predicted molar refractivity (Wildman–Crippen MR) is 128 cm³/mol. The Balaban J connectivity index is 1.72. The van der Waals surface area contributed by atoms with Gasteiger partial charge >= 0.3 is 6.18 Å². The molecular weight excluding hydrogens is 536 g/mol. The lowest BCUT2D eigenvalue weighted by atomic mass is 9.96. The number of primary amides is 1. The van der Waals surface area contributed by atoms with E-state index >= 15 is 0 Å². The number of ether oxygens (including phenoxy) is 1. The van der Waals surface area contributed by atoms with E-state index in [2.05, 4.69) is 20.9 Å². The number of nitrogens with one attached hydrogen (secondary N) is 4. The summed E-state index contributed by atoms with van der Waals surface area (Å²) in [7, 11) is 0. The molecule has 3 rings (SSSR count). The van der Waals surface area contributed by atoms with E-state index in [-0.39, 0.29) is 48.2 Å². The van der Waals surface area contributed by atoms with E-state index in [1.165, 1.54) is 12.3 Å². The summed E-state index contributed by atoms with van der Waals surface area (Å²) in [6.07, 6.45) is -2.18. The first kappa shape index (κ1) is 28.5. The molecular formula is C23H21ClF4N6O4. The number of amides is 3. The van der Waals surface area contributed by atoms with Crippen molar-refractivity contribution < 1.29 is 36.7 Å². The molecule has 1 aromatic carbocycles. The summed E-state index contributed by atoms with van der Waals surface area (Å²) in [5.74, 6) is -3.55. The lowest BCUT2D eigenvalue weighted by Gasteiger charge is -2.27. The summed E-state index contributed by atoms with van der Waals surface area (Å²) < 4.78 is 58.4. The van der Waals surface area contributed by atoms with Gasteiger partial charge in [0.1, 0.15) is 11.4 Å². The molecule has 0 unspecified atom stereocenters. The molecule has 1 aliphatic heterocycles. The third kappa shape index (κ3) is 6.83. The number of carbonyl (C=O) groups excluding carboxylic acids is 3. The van der Waals surface area contributed by atoms with Gasteiger partial charge in [0.15, 0.2) is 0 Å². The second-order valence-corrected chi connectivity index (χ2v) is 8.54. The molecule has 38 heavy (non-hydrogen) atoms. The van der Waals surface area contributed by atoms with Crippen LogP contribution in [0.3, 0.4) is 0 Å². The van der Waals surface area contributed by atoms with Gasteiger partial charge < -0.3 is 31.8 Å². The fraction of sp³-hybridized carbons (Fsp3) is 0.261. The van der Waals surface area contributed by atoms with Crippen molar-refractivity contribution >= 4 is 46.9 Å². The van der Waals surface area contributed by atoms with Gasteiger partial charge in [-0.1, -0.05) is 11.6 Å². The number of carbonyl (C=O) groups is 3. The molecule has 1 aliphatic rings. The number of halogens is 5. The molecule has 0 bridgehead atoms. The van der Waals surface area contributed by atoms with Crippen molar-refractivity contribution in [3.63, 3.8) is 0 Å². The molecule has 0 aliphatic carbocycles. The summed E-state index contributed by atoms with van der Waals surface area (Å²) in [6, 6.07) is 3.44. The number of pyridine rings is 1. The van der Waals surface area contributed by atoms with Crippen LogP contribution in [-0.4, -0.2) is 47.7 Å². The molecule has 1 fully saturated rings. The number of nitrogens with two attached hydrogens (primary N) is 1. The van der Waals surface area contributed by atoms with Crippen molar-refractivity contribution in [1.82, 2.24) is 15.6 Å². The molecule has 0 saturated carbocycles. The van der Waals surface area contributed by atoms with Crippen LogP contribution >= 0.6 is 11.6 Å². The van der Waals surface area contributed by atoms with E-state index in [9.17, 15) is 31.9 Å². The van der Waals surface area contributed by atoms with Gasteiger partial charge in [-0.2, -0.15) is 13.2 Å². The van der Waals surface area contributed by atoms with Crippen molar-refractivity contribution in [1.29, 1.82) is 5.41 Å². The summed E-state index contributed by atoms with van der Waals surface area (Å²) in [4.78, 5) is 40.6. The Kier molecular flexibility index (Phi) is 8.68. The van der Waals surface area contributed by atoms with Crippen molar-refractivity contribution in [3.05, 3.63) is 64.2 Å². The maximum Gasteiger partial charge on any atom is 0.418 e. The lowest BCUT2D eigenvalue weighted by molar-refractivity contribution is -0.137. The molecule has 2 heterocycles. The highest BCUT2D eigenvalue weighted by atomic mass is 35.5. The minimum atomic E-state index is -4.81. The van der Waals surface area contributed by atoms with Crippen molar-refractivity contribution in [3.8, 4) is 0 Å². The number of aromatic nitrogens is 1. The van der Waals surface area contributed by atoms with Crippen LogP contribution < -0.4 is 21.7 Å². The third-order valence-corrected chi connectivity index (χ3v) is 5.75. The van der Waals surface area contributed by atoms with Crippen LogP contribution in [0.2, 0.25) is 5.02 Å². The van der Waals surface area contributed by atoms with Crippen LogP contribution in [-0.2, 0) is 31.8 Å². The molecule has 0 radical (unpaired) electrons. The van der Waals surface area contributed by atoms with Gasteiger partial charge in [-0.05, 0) is 24.3 Å². The highest BCUT2D eigenvalue weighted by Gasteiger charge is 2.44. The van der Waals surface area contributed by atoms with Crippen LogP contribution in [0, 0.1) is 11.2 Å². The van der Waals surface area contributed by atoms with Crippen LogP contribution in [0.15, 0.2) is 42.1 Å². The third-order valence-electron chi connectivity index (χ3n) is 5.42. The largest absolute Gasteiger partial charge is 0.418 e. The average Bonchev–Trinajstić information content (AvgIpc) is 3.31. The van der Waals surface area contributed by atoms with Crippen molar-refractivity contribution in [2.24, 2.45) is 5.73 Å². The highest BCUT2D eigenvalue weighted by molar-refractivity contribution is 6.31. The summed E-state index contributed by atoms with van der Waals surface area (Å²) in [5.41, 5.74) is 1.77. The molecule has 1 atom stereocenters. The van der Waals surface area contributed by atoms with Gasteiger partial charge in [0, 0.05) is 25.3 Å². The zero-order chi connectivity index (χ0) is 28.1. The average molecular weight is 557 g/mol. The zero-order valence-electron chi connectivity index (χ0n) is 19.4. The Morgan fingerprint density at radius 1 is 1.26 bits per heavy atom. The molecule has 0 spiro atoms. The van der Waals surface area contributed by atoms with E-state index in [1.807, 2.05) is 0 Å². The Morgan fingerprint density at radius 2 is 2.00 bits per heavy atom. The first-order chi connectivity index (χ1) is 17.8. The summed E-state index contributed by atoms with van der Waals surface area (Å²) in [6.45, 7) is -0.250. The quantitative estimate of drug-likeness (QED) is 0.181. The number of nitrogens with zero attached hydrogens (tertiary/aromatic N) is 1. The van der Waals surface area contributed by atoms with Crippen molar-refractivity contribution in [2.45, 2.75) is 24.7 Å². The maximum atomic E-state index is 13.3. The predicted octanol–water partition coefficient (Wildman–Crippen LogP) is 2.59. The first-order valence-corrected chi connectivity index (χ1v) is 11.2. The topological polar surface area (TPSA) is 159 Å². The fourth-order valence-electron chi connectivity index (χ4n) is 3.53. The Bertz CT molecular complexity index is 1300. The van der Waals surface area contributed by atoms with Crippen LogP contribution in [0.1, 0.15) is 17.7 Å². The van der Waals surface area contributed by atoms with E-state index < -0.39 is 46.5 Å². The van der Waals surface area contributed by atoms with E-state index in [4.69, 9.17) is 27.5 Å². The SMILES string of the molecule is N=C/C(=C\C(N)=O)C(=O)N[C@@]1(C(=O)NCc2ncc(Nc3ccc(F)cc3C(F)(F)F)cc2Cl)CCOC1. The van der Waals surface area contributed by atoms with Crippen LogP contribution in [0.4, 0.5) is 28.9 Å². The molecule has 15 heteroatoms. The van der Waals surface area contributed by atoms with Crippen LogP contribution in [0.25, 0.3) is 0 Å². The van der Waals surface area contributed by atoms with E-state index in [0.29, 0.717) is 12.3 Å².